The Labute approximate surface area is 164 Å². The molecule has 1 aliphatic carbocycles. The zero-order chi connectivity index (χ0) is 18.8. The minimum atomic E-state index is -0.202. The first-order valence-electron chi connectivity index (χ1n) is 9.55. The van der Waals surface area contributed by atoms with Gasteiger partial charge in [0.15, 0.2) is 5.78 Å². The minimum absolute atomic E-state index is 0.175. The topological polar surface area (TPSA) is 58.2 Å². The molecule has 3 atom stereocenters. The predicted octanol–water partition coefficient (Wildman–Crippen LogP) is 3.83. The molecule has 2 N–H and O–H groups in total. The van der Waals surface area contributed by atoms with Crippen LogP contribution < -0.4 is 10.6 Å². The van der Waals surface area contributed by atoms with E-state index in [-0.39, 0.29) is 11.7 Å². The molecule has 1 amide bonds. The van der Waals surface area contributed by atoms with Crippen LogP contribution in [0.3, 0.4) is 0 Å². The number of rotatable bonds is 5. The Morgan fingerprint density at radius 3 is 2.52 bits per heavy atom. The molecule has 140 valence electrons. The molecule has 1 heterocycles. The summed E-state index contributed by atoms with van der Waals surface area (Å²) in [5.41, 5.74) is 1.34. The Balaban J connectivity index is 1.44. The molecule has 2 fully saturated rings. The Bertz CT molecular complexity index is 838. The van der Waals surface area contributed by atoms with Crippen LogP contribution >= 0.6 is 11.6 Å². The van der Waals surface area contributed by atoms with E-state index in [1.807, 2.05) is 0 Å². The van der Waals surface area contributed by atoms with Crippen LogP contribution in [-0.2, 0) is 0 Å². The lowest BCUT2D eigenvalue weighted by molar-refractivity contribution is 0.0939. The van der Waals surface area contributed by atoms with E-state index in [0.717, 1.165) is 12.3 Å². The second kappa shape index (κ2) is 7.83. The summed E-state index contributed by atoms with van der Waals surface area (Å²) in [6.07, 6.45) is 4.96. The quantitative estimate of drug-likeness (QED) is 0.772. The van der Waals surface area contributed by atoms with E-state index >= 15 is 0 Å². The zero-order valence-corrected chi connectivity index (χ0v) is 15.8. The highest BCUT2D eigenvalue weighted by Crippen LogP contribution is 2.34. The zero-order valence-electron chi connectivity index (χ0n) is 15.1. The highest BCUT2D eigenvalue weighted by molar-refractivity contribution is 6.30. The fraction of sp³-hybridized carbons (Fsp3) is 0.364. The smallest absolute Gasteiger partial charge is 0.252 e. The van der Waals surface area contributed by atoms with E-state index in [0.29, 0.717) is 40.3 Å². The summed E-state index contributed by atoms with van der Waals surface area (Å²) >= 11 is 5.90. The van der Waals surface area contributed by atoms with Gasteiger partial charge >= 0.3 is 0 Å². The molecule has 2 aromatic rings. The molecule has 0 unspecified atom stereocenters. The summed E-state index contributed by atoms with van der Waals surface area (Å²) in [6.45, 7) is 0.593. The molecule has 1 aliphatic heterocycles. The monoisotopic (exact) mass is 382 g/mol. The highest BCUT2D eigenvalue weighted by atomic mass is 35.5. The summed E-state index contributed by atoms with van der Waals surface area (Å²) in [4.78, 5) is 25.6. The second-order valence-electron chi connectivity index (χ2n) is 7.49. The maximum atomic E-state index is 12.8. The number of ketones is 1. The molecule has 27 heavy (non-hydrogen) atoms. The molecule has 2 aromatic carbocycles. The normalized spacial score (nSPS) is 23.8. The van der Waals surface area contributed by atoms with Gasteiger partial charge in [-0.2, -0.15) is 0 Å². The first-order valence-corrected chi connectivity index (χ1v) is 9.93. The number of carbonyl (C=O) groups excluding carboxylic acids is 2. The Kier molecular flexibility index (Phi) is 5.28. The fourth-order valence-corrected chi connectivity index (χ4v) is 4.49. The molecule has 2 aliphatic rings. The maximum absolute atomic E-state index is 12.8. The number of nitrogens with one attached hydrogen (secondary N) is 2. The van der Waals surface area contributed by atoms with E-state index in [9.17, 15) is 9.59 Å². The molecular weight excluding hydrogens is 360 g/mol. The van der Waals surface area contributed by atoms with Crippen molar-refractivity contribution in [2.75, 3.05) is 6.54 Å². The van der Waals surface area contributed by atoms with Crippen molar-refractivity contribution in [2.24, 2.45) is 5.92 Å². The first-order chi connectivity index (χ1) is 13.1. The number of hydrogen-bond donors (Lipinski definition) is 2. The molecule has 0 spiro atoms. The van der Waals surface area contributed by atoms with Gasteiger partial charge < -0.3 is 10.6 Å². The standard InChI is InChI=1S/C22H23ClN2O2/c23-16-10-8-14(9-11-16)21(26)18-5-1-2-6-19(18)22(27)24-13-17-12-15-4-3-7-20(15)25-17/h1-2,5-6,8-11,15,17,20,25H,3-4,7,12-13H2,(H,24,27)/t15-,17-,20-/m0/s1. The summed E-state index contributed by atoms with van der Waals surface area (Å²) in [7, 11) is 0. The lowest BCUT2D eigenvalue weighted by Crippen LogP contribution is -2.39. The van der Waals surface area contributed by atoms with Gasteiger partial charge in [-0.05, 0) is 55.5 Å². The Morgan fingerprint density at radius 2 is 1.78 bits per heavy atom. The van der Waals surface area contributed by atoms with Crippen LogP contribution in [0.15, 0.2) is 48.5 Å². The molecule has 0 bridgehead atoms. The van der Waals surface area contributed by atoms with Crippen LogP contribution in [-0.4, -0.2) is 30.3 Å². The number of benzene rings is 2. The van der Waals surface area contributed by atoms with E-state index in [2.05, 4.69) is 10.6 Å². The third-order valence-electron chi connectivity index (χ3n) is 5.73. The van der Waals surface area contributed by atoms with Gasteiger partial charge in [0.05, 0.1) is 5.56 Å². The van der Waals surface area contributed by atoms with Crippen LogP contribution in [0.5, 0.6) is 0 Å². The number of halogens is 1. The van der Waals surface area contributed by atoms with Gasteiger partial charge in [0.2, 0.25) is 0 Å². The molecule has 1 saturated heterocycles. The summed E-state index contributed by atoms with van der Waals surface area (Å²) in [5, 5.41) is 7.22. The van der Waals surface area contributed by atoms with E-state index in [4.69, 9.17) is 11.6 Å². The van der Waals surface area contributed by atoms with Gasteiger partial charge in [0.25, 0.3) is 5.91 Å². The SMILES string of the molecule is O=C(NC[C@@H]1C[C@@H]2CCC[C@@H]2N1)c1ccccc1C(=O)c1ccc(Cl)cc1. The van der Waals surface area contributed by atoms with Gasteiger partial charge in [-0.3, -0.25) is 9.59 Å². The third-order valence-corrected chi connectivity index (χ3v) is 5.98. The summed E-state index contributed by atoms with van der Waals surface area (Å²) < 4.78 is 0. The van der Waals surface area contributed by atoms with Gasteiger partial charge in [0.1, 0.15) is 0 Å². The minimum Gasteiger partial charge on any atom is -0.350 e. The van der Waals surface area contributed by atoms with Gasteiger partial charge in [-0.1, -0.05) is 36.2 Å². The average Bonchev–Trinajstić information content (AvgIpc) is 3.28. The second-order valence-corrected chi connectivity index (χ2v) is 7.92. The largest absolute Gasteiger partial charge is 0.350 e. The van der Waals surface area contributed by atoms with Crippen LogP contribution in [0.25, 0.3) is 0 Å². The number of fused-ring (bicyclic) bond motifs is 1. The van der Waals surface area contributed by atoms with Gasteiger partial charge in [-0.15, -0.1) is 0 Å². The van der Waals surface area contributed by atoms with Crippen molar-refractivity contribution in [1.82, 2.24) is 10.6 Å². The van der Waals surface area contributed by atoms with Crippen LogP contribution in [0.1, 0.15) is 52.0 Å². The lowest BCUT2D eigenvalue weighted by atomic mass is 9.97. The van der Waals surface area contributed by atoms with Crippen LogP contribution in [0.2, 0.25) is 5.02 Å². The molecule has 0 radical (unpaired) electrons. The van der Waals surface area contributed by atoms with Crippen molar-refractivity contribution in [3.8, 4) is 0 Å². The fourth-order valence-electron chi connectivity index (χ4n) is 4.36. The van der Waals surface area contributed by atoms with Crippen molar-refractivity contribution in [3.05, 3.63) is 70.2 Å². The predicted molar refractivity (Wildman–Crippen MR) is 106 cm³/mol. The van der Waals surface area contributed by atoms with Crippen LogP contribution in [0, 0.1) is 5.92 Å². The van der Waals surface area contributed by atoms with E-state index in [1.54, 1.807) is 48.5 Å². The van der Waals surface area contributed by atoms with Crippen LogP contribution in [0.4, 0.5) is 0 Å². The molecule has 4 nitrogen and oxygen atoms in total. The number of amides is 1. The molecule has 1 saturated carbocycles. The van der Waals surface area contributed by atoms with Gasteiger partial charge in [0, 0.05) is 34.8 Å². The molecular formula is C22H23ClN2O2. The van der Waals surface area contributed by atoms with Crippen molar-refractivity contribution in [3.63, 3.8) is 0 Å². The number of hydrogen-bond acceptors (Lipinski definition) is 3. The van der Waals surface area contributed by atoms with Crippen molar-refractivity contribution >= 4 is 23.3 Å². The maximum Gasteiger partial charge on any atom is 0.252 e. The average molecular weight is 383 g/mol. The summed E-state index contributed by atoms with van der Waals surface area (Å²) in [5.74, 6) is 0.378. The van der Waals surface area contributed by atoms with Crippen molar-refractivity contribution in [2.45, 2.75) is 37.8 Å². The first kappa shape index (κ1) is 18.2. The highest BCUT2D eigenvalue weighted by Gasteiger charge is 2.36. The summed E-state index contributed by atoms with van der Waals surface area (Å²) in [6, 6.07) is 14.6. The Morgan fingerprint density at radius 1 is 1.04 bits per heavy atom. The Hall–Kier alpha value is -2.17. The molecule has 0 aromatic heterocycles. The van der Waals surface area contributed by atoms with E-state index < -0.39 is 0 Å². The van der Waals surface area contributed by atoms with Gasteiger partial charge in [-0.25, -0.2) is 0 Å². The molecule has 5 heteroatoms. The number of carbonyl (C=O) groups is 2. The third kappa shape index (κ3) is 3.92. The molecule has 4 rings (SSSR count). The van der Waals surface area contributed by atoms with E-state index in [1.165, 1.54) is 19.3 Å². The van der Waals surface area contributed by atoms with Crippen molar-refractivity contribution < 1.29 is 9.59 Å². The lowest BCUT2D eigenvalue weighted by Gasteiger charge is -2.15. The van der Waals surface area contributed by atoms with Crippen molar-refractivity contribution in [1.29, 1.82) is 0 Å².